The molecule has 2 rings (SSSR count). The summed E-state index contributed by atoms with van der Waals surface area (Å²) in [5.41, 5.74) is 3.94. The van der Waals surface area contributed by atoms with Crippen molar-refractivity contribution < 1.29 is 4.79 Å². The zero-order valence-corrected chi connectivity index (χ0v) is 12.8. The van der Waals surface area contributed by atoms with E-state index in [0.717, 1.165) is 36.1 Å². The first-order valence-electron chi connectivity index (χ1n) is 7.37. The molecule has 0 aliphatic carbocycles. The number of nitrogens with zero attached hydrogens (tertiary/aromatic N) is 2. The van der Waals surface area contributed by atoms with Crippen LogP contribution in [0.2, 0.25) is 0 Å². The lowest BCUT2D eigenvalue weighted by atomic mass is 10.1. The normalized spacial score (nSPS) is 12.9. The zero-order chi connectivity index (χ0) is 15.2. The molecule has 1 aliphatic rings. The lowest BCUT2D eigenvalue weighted by Crippen LogP contribution is -2.17. The molecule has 110 valence electrons. The van der Waals surface area contributed by atoms with Crippen molar-refractivity contribution in [3.63, 3.8) is 0 Å². The van der Waals surface area contributed by atoms with Crippen LogP contribution in [0.3, 0.4) is 0 Å². The lowest BCUT2D eigenvalue weighted by Gasteiger charge is -2.04. The van der Waals surface area contributed by atoms with Crippen LogP contribution in [0, 0.1) is 0 Å². The first-order chi connectivity index (χ1) is 10.2. The summed E-state index contributed by atoms with van der Waals surface area (Å²) < 4.78 is 0. The van der Waals surface area contributed by atoms with Crippen LogP contribution in [0.4, 0.5) is 0 Å². The van der Waals surface area contributed by atoms with E-state index >= 15 is 0 Å². The predicted octanol–water partition coefficient (Wildman–Crippen LogP) is 3.47. The first kappa shape index (κ1) is 15.2. The van der Waals surface area contributed by atoms with Gasteiger partial charge in [-0.1, -0.05) is 31.2 Å². The van der Waals surface area contributed by atoms with Crippen LogP contribution in [-0.2, 0) is 19.4 Å². The average molecular weight is 282 g/mol. The summed E-state index contributed by atoms with van der Waals surface area (Å²) in [6, 6.07) is 8.04. The van der Waals surface area contributed by atoms with E-state index in [0.29, 0.717) is 6.54 Å². The Kier molecular flexibility index (Phi) is 5.09. The van der Waals surface area contributed by atoms with Gasteiger partial charge in [0.25, 0.3) is 5.91 Å². The Balaban J connectivity index is 2.54. The molecule has 0 N–H and O–H groups in total. The van der Waals surface area contributed by atoms with Gasteiger partial charge in [-0.25, -0.2) is 0 Å². The molecular formula is C18H22N2O. The van der Waals surface area contributed by atoms with Crippen LogP contribution in [0.25, 0.3) is 0 Å². The van der Waals surface area contributed by atoms with Gasteiger partial charge in [-0.3, -0.25) is 9.78 Å². The van der Waals surface area contributed by atoms with Gasteiger partial charge < -0.3 is 4.90 Å². The molecule has 0 saturated heterocycles. The van der Waals surface area contributed by atoms with Crippen LogP contribution < -0.4 is 0 Å². The van der Waals surface area contributed by atoms with Gasteiger partial charge in [-0.2, -0.15) is 0 Å². The molecular weight excluding hydrogens is 260 g/mol. The molecule has 0 atom stereocenters. The summed E-state index contributed by atoms with van der Waals surface area (Å²) in [6.07, 6.45) is 6.49. The number of hydrogen-bond acceptors (Lipinski definition) is 2. The third-order valence-corrected chi connectivity index (χ3v) is 3.64. The summed E-state index contributed by atoms with van der Waals surface area (Å²) >= 11 is 0. The minimum atomic E-state index is 0.0761. The number of allylic oxidation sites excluding steroid dienone is 1. The van der Waals surface area contributed by atoms with Crippen LogP contribution in [0.5, 0.6) is 0 Å². The molecule has 1 aliphatic heterocycles. The molecule has 1 aromatic heterocycles. The van der Waals surface area contributed by atoms with Crippen LogP contribution in [-0.4, -0.2) is 22.8 Å². The molecule has 3 nitrogen and oxygen atoms in total. The summed E-state index contributed by atoms with van der Waals surface area (Å²) in [5.74, 6) is 0.0761. The van der Waals surface area contributed by atoms with Crippen molar-refractivity contribution in [2.24, 2.45) is 0 Å². The summed E-state index contributed by atoms with van der Waals surface area (Å²) in [5, 5.41) is 0. The van der Waals surface area contributed by atoms with Gasteiger partial charge in [0.15, 0.2) is 0 Å². The number of rotatable bonds is 4. The van der Waals surface area contributed by atoms with Gasteiger partial charge >= 0.3 is 0 Å². The second-order valence-corrected chi connectivity index (χ2v) is 5.28. The highest BCUT2D eigenvalue weighted by Gasteiger charge is 2.22. The topological polar surface area (TPSA) is 33.2 Å². The molecule has 21 heavy (non-hydrogen) atoms. The SMILES string of the molecule is C=CCCc1cccc2c(cc(CC)nc1)C(=O)N(C)C2. The van der Waals surface area contributed by atoms with E-state index in [1.165, 1.54) is 5.56 Å². The van der Waals surface area contributed by atoms with E-state index < -0.39 is 0 Å². The molecule has 0 bridgehead atoms. The number of fused-ring (bicyclic) bond motifs is 1. The fourth-order valence-corrected chi connectivity index (χ4v) is 2.36. The number of amides is 1. The standard InChI is InChI=1S/C18H22N2O/c1-4-6-8-14-9-7-10-15-13-20(3)18(21)17(15)11-16(5-2)19-12-14/h4,7,9-12H,1,5-6,8,13H2,2-3H3. The van der Waals surface area contributed by atoms with Gasteiger partial charge in [-0.15, -0.1) is 6.58 Å². The molecule has 0 radical (unpaired) electrons. The zero-order valence-electron chi connectivity index (χ0n) is 12.8. The number of hydrogen-bond donors (Lipinski definition) is 0. The van der Waals surface area contributed by atoms with Gasteiger partial charge in [-0.05, 0) is 36.5 Å². The van der Waals surface area contributed by atoms with Crippen molar-refractivity contribution in [1.29, 1.82) is 0 Å². The van der Waals surface area contributed by atoms with Gasteiger partial charge in [0.05, 0.1) is 0 Å². The Bertz CT molecular complexity index is 606. The maximum absolute atomic E-state index is 12.2. The average Bonchev–Trinajstić information content (AvgIpc) is 2.75. The largest absolute Gasteiger partial charge is 0.337 e. The fourth-order valence-electron chi connectivity index (χ4n) is 2.36. The van der Waals surface area contributed by atoms with Crippen molar-refractivity contribution in [1.82, 2.24) is 9.88 Å². The van der Waals surface area contributed by atoms with E-state index in [1.807, 2.05) is 37.5 Å². The fraction of sp³-hybridized carbons (Fsp3) is 0.333. The minimum absolute atomic E-state index is 0.0761. The van der Waals surface area contributed by atoms with Crippen LogP contribution in [0.15, 0.2) is 43.1 Å². The van der Waals surface area contributed by atoms with Crippen molar-refractivity contribution in [2.45, 2.75) is 32.7 Å². The highest BCUT2D eigenvalue weighted by atomic mass is 16.2. The highest BCUT2D eigenvalue weighted by molar-refractivity contribution is 5.97. The first-order valence-corrected chi connectivity index (χ1v) is 7.37. The van der Waals surface area contributed by atoms with Gasteiger partial charge in [0, 0.05) is 31.0 Å². The van der Waals surface area contributed by atoms with E-state index in [-0.39, 0.29) is 5.91 Å². The van der Waals surface area contributed by atoms with E-state index in [4.69, 9.17) is 0 Å². The van der Waals surface area contributed by atoms with Gasteiger partial charge in [0.2, 0.25) is 0 Å². The third-order valence-electron chi connectivity index (χ3n) is 3.64. The van der Waals surface area contributed by atoms with E-state index in [1.54, 1.807) is 4.90 Å². The van der Waals surface area contributed by atoms with Crippen LogP contribution in [0.1, 0.15) is 40.5 Å². The molecule has 0 saturated carbocycles. The molecule has 1 aromatic rings. The number of aryl methyl sites for hydroxylation is 2. The van der Waals surface area contributed by atoms with Crippen molar-refractivity contribution in [3.05, 3.63) is 65.5 Å². The maximum Gasteiger partial charge on any atom is 0.254 e. The molecule has 0 spiro atoms. The van der Waals surface area contributed by atoms with E-state index in [9.17, 15) is 4.79 Å². The molecule has 2 heterocycles. The Hall–Kier alpha value is -2.16. The monoisotopic (exact) mass is 282 g/mol. The highest BCUT2D eigenvalue weighted by Crippen LogP contribution is 2.20. The second-order valence-electron chi connectivity index (χ2n) is 5.28. The molecule has 0 unspecified atom stereocenters. The molecule has 0 aromatic carbocycles. The quantitative estimate of drug-likeness (QED) is 0.792. The maximum atomic E-state index is 12.2. The Labute approximate surface area is 126 Å². The Morgan fingerprint density at radius 3 is 2.95 bits per heavy atom. The van der Waals surface area contributed by atoms with Gasteiger partial charge in [0.1, 0.15) is 0 Å². The Morgan fingerprint density at radius 1 is 1.43 bits per heavy atom. The molecule has 0 fully saturated rings. The second kappa shape index (κ2) is 7.02. The number of aromatic nitrogens is 1. The molecule has 1 amide bonds. The minimum Gasteiger partial charge on any atom is -0.337 e. The number of carbonyl (C=O) groups is 1. The smallest absolute Gasteiger partial charge is 0.254 e. The third kappa shape index (κ3) is 3.69. The molecule has 3 heteroatoms. The predicted molar refractivity (Wildman–Crippen MR) is 85.6 cm³/mol. The van der Waals surface area contributed by atoms with Crippen molar-refractivity contribution in [3.8, 4) is 0 Å². The van der Waals surface area contributed by atoms with Crippen LogP contribution >= 0.6 is 0 Å². The summed E-state index contributed by atoms with van der Waals surface area (Å²) in [4.78, 5) is 18.5. The van der Waals surface area contributed by atoms with E-state index in [2.05, 4.69) is 24.6 Å². The van der Waals surface area contributed by atoms with Crippen molar-refractivity contribution >= 4 is 5.91 Å². The lowest BCUT2D eigenvalue weighted by molar-refractivity contribution is 0.0816. The summed E-state index contributed by atoms with van der Waals surface area (Å²) in [7, 11) is 1.83. The summed E-state index contributed by atoms with van der Waals surface area (Å²) in [6.45, 7) is 6.48. The Morgan fingerprint density at radius 2 is 2.24 bits per heavy atom. The van der Waals surface area contributed by atoms with Crippen molar-refractivity contribution in [2.75, 3.05) is 7.05 Å². The number of carbonyl (C=O) groups excluding carboxylic acids is 1.